The van der Waals surface area contributed by atoms with Crippen LogP contribution >= 0.6 is 45.2 Å². The van der Waals surface area contributed by atoms with Crippen molar-refractivity contribution in [1.29, 1.82) is 0 Å². The molecule has 0 radical (unpaired) electrons. The summed E-state index contributed by atoms with van der Waals surface area (Å²) < 4.78 is 37.2. The molecular weight excluding hydrogens is 1040 g/mol. The van der Waals surface area contributed by atoms with Gasteiger partial charge in [-0.3, -0.25) is 0 Å². The van der Waals surface area contributed by atoms with Crippen LogP contribution in [0.15, 0.2) is 84.9 Å². The third-order valence-corrected chi connectivity index (χ3v) is 8.55. The van der Waals surface area contributed by atoms with Gasteiger partial charge in [0.25, 0.3) is 12.5 Å². The fraction of sp³-hybridized carbons (Fsp3) is 0.289. The number of methoxy groups -OCH3 is 5. The smallest absolute Gasteiger partial charge is 1.00 e. The monoisotopic (exact) mass is 1090 g/mol. The first-order valence-corrected chi connectivity index (χ1v) is 17.7. The molecule has 14 nitrogen and oxygen atoms in total. The molecular formula is C38H46CaCl2I2N2O12. The molecule has 0 heterocycles. The zero-order chi connectivity index (χ0) is 39.2. The Hall–Kier alpha value is -2.37. The van der Waals surface area contributed by atoms with E-state index in [0.717, 1.165) is 47.3 Å². The van der Waals surface area contributed by atoms with Gasteiger partial charge >= 0.3 is 49.7 Å². The van der Waals surface area contributed by atoms with Gasteiger partial charge in [-0.1, -0.05) is 49.9 Å². The molecule has 0 aliphatic rings. The quantitative estimate of drug-likeness (QED) is 0.0210. The van der Waals surface area contributed by atoms with Gasteiger partial charge in [0.15, 0.2) is 6.54 Å². The first-order chi connectivity index (χ1) is 25.5. The number of halogens is 4. The molecule has 19 heteroatoms. The maximum absolute atomic E-state index is 11.9. The van der Waals surface area contributed by atoms with Crippen LogP contribution in [-0.2, 0) is 50.1 Å². The van der Waals surface area contributed by atoms with Crippen LogP contribution < -0.4 is 49.2 Å². The second-order valence-electron chi connectivity index (χ2n) is 10.4. The van der Waals surface area contributed by atoms with Crippen LogP contribution in [0.2, 0.25) is 0 Å². The minimum Gasteiger partial charge on any atom is -1.00 e. The third kappa shape index (κ3) is 22.0. The van der Waals surface area contributed by atoms with Crippen LogP contribution in [0.4, 0.5) is 0 Å². The number of aliphatic hydroxyl groups excluding tert-OH is 1. The van der Waals surface area contributed by atoms with Crippen LogP contribution in [0.25, 0.3) is 0 Å². The Morgan fingerprint density at radius 2 is 1.19 bits per heavy atom. The molecule has 4 aromatic rings. The molecule has 0 aliphatic carbocycles. The minimum atomic E-state index is -1.44. The molecule has 0 aliphatic heterocycles. The number of para-hydroxylation sites is 2. The maximum atomic E-state index is 11.9. The van der Waals surface area contributed by atoms with Gasteiger partial charge in [-0.2, -0.15) is 0 Å². The van der Waals surface area contributed by atoms with Crippen LogP contribution in [-0.4, -0.2) is 113 Å². The molecule has 0 aromatic heterocycles. The zero-order valence-electron chi connectivity index (χ0n) is 31.2. The van der Waals surface area contributed by atoms with Crippen molar-refractivity contribution in [3.05, 3.63) is 120 Å². The van der Waals surface area contributed by atoms with Gasteiger partial charge < -0.3 is 73.5 Å². The number of rotatable bonds is 15. The number of carbonyl (C=O) groups excluding carboxylic acids is 2. The molecule has 57 heavy (non-hydrogen) atoms. The van der Waals surface area contributed by atoms with Crippen molar-refractivity contribution in [3.63, 3.8) is 0 Å². The van der Waals surface area contributed by atoms with E-state index >= 15 is 0 Å². The van der Waals surface area contributed by atoms with E-state index < -0.39 is 18.2 Å². The summed E-state index contributed by atoms with van der Waals surface area (Å²) in [5.74, 6) is 1.55. The Kier molecular flexibility index (Phi) is 34.6. The average Bonchev–Trinajstić information content (AvgIpc) is 3.17. The molecule has 0 saturated heterocycles. The summed E-state index contributed by atoms with van der Waals surface area (Å²) in [6.07, 6.45) is -0.576. The van der Waals surface area contributed by atoms with Gasteiger partial charge in [-0.25, -0.2) is 19.8 Å². The Balaban J connectivity index is -0.000000822. The van der Waals surface area contributed by atoms with E-state index in [2.05, 4.69) is 64.9 Å². The molecule has 0 bridgehead atoms. The normalized spacial score (nSPS) is 10.3. The van der Waals surface area contributed by atoms with Crippen LogP contribution in [0.5, 0.6) is 23.0 Å². The maximum Gasteiger partial charge on any atom is 2.00 e. The summed E-state index contributed by atoms with van der Waals surface area (Å²) in [5.41, 5.74) is 5.82. The van der Waals surface area contributed by atoms with Crippen molar-refractivity contribution in [2.45, 2.75) is 40.0 Å². The summed E-state index contributed by atoms with van der Waals surface area (Å²) in [5, 5.41) is 29.2. The second-order valence-corrected chi connectivity index (χ2v) is 12.7. The number of aliphatic hydroxyl groups is 1. The molecule has 0 saturated carbocycles. The zero-order valence-corrected chi connectivity index (χ0v) is 39.2. The molecule has 1 unspecified atom stereocenters. The van der Waals surface area contributed by atoms with E-state index in [4.69, 9.17) is 29.3 Å². The van der Waals surface area contributed by atoms with Gasteiger partial charge in [0.2, 0.25) is 0 Å². The number of nitrogens with one attached hydrogen (secondary N) is 1. The molecule has 1 atom stereocenters. The van der Waals surface area contributed by atoms with E-state index in [1.807, 2.05) is 78.9 Å². The number of hydroxylamine groups is 2. The van der Waals surface area contributed by atoms with Crippen molar-refractivity contribution in [2.24, 2.45) is 0 Å². The summed E-state index contributed by atoms with van der Waals surface area (Å²) in [7, 11) is 6.86. The minimum absolute atomic E-state index is 0. The van der Waals surface area contributed by atoms with E-state index in [1.54, 1.807) is 20.3 Å². The Morgan fingerprint density at radius 1 is 0.754 bits per heavy atom. The van der Waals surface area contributed by atoms with Crippen molar-refractivity contribution in [2.75, 3.05) is 35.5 Å². The number of esters is 2. The van der Waals surface area contributed by atoms with Gasteiger partial charge in [-0.05, 0) is 98.8 Å². The topological polar surface area (TPSA) is 177 Å². The predicted octanol–water partition coefficient (Wildman–Crippen LogP) is -0.122. The van der Waals surface area contributed by atoms with Gasteiger partial charge in [0, 0.05) is 19.2 Å². The molecule has 3 N–H and O–H groups in total. The fourth-order valence-electron chi connectivity index (χ4n) is 4.11. The summed E-state index contributed by atoms with van der Waals surface area (Å²) in [6, 6.07) is 26.7. The summed E-state index contributed by atoms with van der Waals surface area (Å²) >= 11 is 4.38. The number of hydrogen-bond acceptors (Lipinski definition) is 13. The van der Waals surface area contributed by atoms with Crippen LogP contribution in [0, 0.1) is 12.3 Å². The molecule has 0 amide bonds. The summed E-state index contributed by atoms with van der Waals surface area (Å²) in [4.78, 5) is 21.3. The van der Waals surface area contributed by atoms with E-state index in [9.17, 15) is 14.8 Å². The Bertz CT molecular complexity index is 1760. The van der Waals surface area contributed by atoms with Crippen LogP contribution in [0.3, 0.4) is 0 Å². The third-order valence-electron chi connectivity index (χ3n) is 6.85. The average molecular weight is 1090 g/mol. The Morgan fingerprint density at radius 3 is 1.56 bits per heavy atom. The van der Waals surface area contributed by atoms with Crippen molar-refractivity contribution in [3.8, 4) is 23.0 Å². The van der Waals surface area contributed by atoms with Crippen molar-refractivity contribution >= 4 is 101 Å². The van der Waals surface area contributed by atoms with Crippen LogP contribution in [0.1, 0.15) is 29.7 Å². The molecule has 4 rings (SSSR count). The van der Waals surface area contributed by atoms with Crippen molar-refractivity contribution < 1.29 is 82.6 Å². The van der Waals surface area contributed by atoms with E-state index in [1.165, 1.54) is 21.3 Å². The van der Waals surface area contributed by atoms with Crippen molar-refractivity contribution in [1.82, 2.24) is 5.48 Å². The number of nitrogens with zero attached hydrogens (tertiary/aromatic N) is 1. The number of carbonyl (C=O) groups is 2. The first kappa shape index (κ1) is 58.9. The predicted molar refractivity (Wildman–Crippen MR) is 225 cm³/mol. The van der Waals surface area contributed by atoms with E-state index in [-0.39, 0.29) is 76.5 Å². The van der Waals surface area contributed by atoms with E-state index in [0.29, 0.717) is 35.8 Å². The second kappa shape index (κ2) is 33.5. The Labute approximate surface area is 403 Å². The molecule has 0 fully saturated rings. The summed E-state index contributed by atoms with van der Waals surface area (Å²) in [6.45, 7) is 1.18. The number of benzene rings is 4. The van der Waals surface area contributed by atoms with Gasteiger partial charge in [0.1, 0.15) is 36.2 Å². The fourth-order valence-corrected chi connectivity index (χ4v) is 5.53. The number of hydrogen-bond donors (Lipinski definition) is 3. The standard InChI is InChI=1S/C18H18INO5.C15H16INO3.C4H8O4.CH4.Ca.2ClH/c1-23-15-8-6-13(7-9-15)12-25-18-14(4-3-5-16(18)19)10-20(22)11-17(21)24-2;1-19-13-7-5-11(6-8-13)10-20-15-12(9-17-18)3-2-4-14(15)16;1-7-3(5)4(6)8-2;;;;/h3-9,11H,10,12H2,1-2H3;2-8,17-18H,9-10H2,1H3;3,5H,1-2H3;1H4;;2*1H/q;;;;+2;;/p-2/b20-11-;;;;;;. The first-order valence-electron chi connectivity index (χ1n) is 15.6. The molecule has 0 spiro atoms. The van der Waals surface area contributed by atoms with Gasteiger partial charge in [-0.15, -0.1) is 0 Å². The molecule has 310 valence electrons. The number of ether oxygens (including phenoxy) is 7. The SMILES string of the molecule is C.COC(=O)/C=[N+](\[O-])Cc1cccc(I)c1OCc1ccc(OC)cc1.COC(=O)C(O)OC.COc1ccc(COc2c(I)cccc2CNO)cc1.[Ca+2].[Cl-].[Cl-]. The molecule has 4 aromatic carbocycles. The van der Waals surface area contributed by atoms with Gasteiger partial charge in [0.05, 0.1) is 41.1 Å². The largest absolute Gasteiger partial charge is 2.00 e.